The molecule has 1 aromatic rings. The zero-order chi connectivity index (χ0) is 19.8. The van der Waals surface area contributed by atoms with Crippen molar-refractivity contribution in [2.45, 2.75) is 36.5 Å². The van der Waals surface area contributed by atoms with E-state index >= 15 is 0 Å². The minimum Gasteiger partial charge on any atom is -0.368 e. The molecule has 0 amide bonds. The summed E-state index contributed by atoms with van der Waals surface area (Å²) in [5.41, 5.74) is -0.122. The highest BCUT2D eigenvalue weighted by Gasteiger charge is 2.34. The Bertz CT molecular complexity index is 909. The highest BCUT2D eigenvalue weighted by Crippen LogP contribution is 2.33. The summed E-state index contributed by atoms with van der Waals surface area (Å²) in [5, 5.41) is -0.0705. The van der Waals surface area contributed by atoms with Gasteiger partial charge in [0, 0.05) is 27.2 Å². The fraction of sp³-hybridized carbons (Fsp3) is 0.562. The van der Waals surface area contributed by atoms with Crippen LogP contribution < -0.4 is 0 Å². The van der Waals surface area contributed by atoms with Crippen LogP contribution in [0.4, 0.5) is 0 Å². The molecule has 0 spiro atoms. The molecule has 1 heterocycles. The molecule has 1 saturated heterocycles. The van der Waals surface area contributed by atoms with Crippen LogP contribution in [-0.2, 0) is 20.0 Å². The lowest BCUT2D eigenvalue weighted by atomic mass is 9.85. The smallest absolute Gasteiger partial charge is 0.285 e. The molecule has 146 valence electrons. The van der Waals surface area contributed by atoms with E-state index < -0.39 is 20.0 Å². The van der Waals surface area contributed by atoms with Gasteiger partial charge in [0.05, 0.1) is 9.92 Å². The summed E-state index contributed by atoms with van der Waals surface area (Å²) in [6.45, 7) is 4.83. The summed E-state index contributed by atoms with van der Waals surface area (Å²) in [4.78, 5) is 1.04. The number of piperidine rings is 1. The zero-order valence-corrected chi connectivity index (χ0v) is 17.7. The largest absolute Gasteiger partial charge is 0.368 e. The molecule has 0 aliphatic carbocycles. The first-order valence-electron chi connectivity index (χ1n) is 8.12. The Balaban J connectivity index is 2.46. The van der Waals surface area contributed by atoms with Crippen LogP contribution in [0.25, 0.3) is 0 Å². The van der Waals surface area contributed by atoms with Gasteiger partial charge in [0.2, 0.25) is 10.0 Å². The molecule has 0 unspecified atom stereocenters. The van der Waals surface area contributed by atoms with E-state index in [0.29, 0.717) is 13.1 Å². The van der Waals surface area contributed by atoms with Gasteiger partial charge in [0.1, 0.15) is 11.2 Å². The van der Waals surface area contributed by atoms with Crippen molar-refractivity contribution >= 4 is 38.0 Å². The van der Waals surface area contributed by atoms with Gasteiger partial charge < -0.3 is 4.90 Å². The molecule has 0 N–H and O–H groups in total. The van der Waals surface area contributed by atoms with E-state index in [2.05, 4.69) is 4.40 Å². The number of hydrogen-bond acceptors (Lipinski definition) is 4. The van der Waals surface area contributed by atoms with Crippen LogP contribution in [0.5, 0.6) is 0 Å². The topological polar surface area (TPSA) is 87.1 Å². The Morgan fingerprint density at radius 2 is 1.88 bits per heavy atom. The van der Waals surface area contributed by atoms with Crippen LogP contribution in [-0.4, -0.2) is 59.6 Å². The molecule has 0 radical (unpaired) electrons. The Labute approximate surface area is 160 Å². The summed E-state index contributed by atoms with van der Waals surface area (Å²) in [7, 11) is -4.68. The third-order valence-electron chi connectivity index (χ3n) is 4.10. The molecule has 0 atom stereocenters. The maximum atomic E-state index is 13.0. The predicted octanol–water partition coefficient (Wildman–Crippen LogP) is 2.43. The monoisotopic (exact) mass is 421 g/mol. The van der Waals surface area contributed by atoms with Crippen LogP contribution in [0.3, 0.4) is 0 Å². The van der Waals surface area contributed by atoms with E-state index in [1.54, 1.807) is 14.1 Å². The molecular formula is C16H24ClN3O4S2. The highest BCUT2D eigenvalue weighted by atomic mass is 35.5. The predicted molar refractivity (Wildman–Crippen MR) is 103 cm³/mol. The summed E-state index contributed by atoms with van der Waals surface area (Å²) in [6.07, 6.45) is 2.83. The van der Waals surface area contributed by atoms with Gasteiger partial charge in [-0.3, -0.25) is 0 Å². The number of sulfonamides is 2. The molecule has 1 aliphatic heterocycles. The van der Waals surface area contributed by atoms with Crippen molar-refractivity contribution < 1.29 is 16.8 Å². The molecular weight excluding hydrogens is 398 g/mol. The first-order valence-corrected chi connectivity index (χ1v) is 11.4. The molecule has 7 nitrogen and oxygen atoms in total. The van der Waals surface area contributed by atoms with Crippen molar-refractivity contribution in [2.75, 3.05) is 27.2 Å². The average molecular weight is 422 g/mol. The van der Waals surface area contributed by atoms with Gasteiger partial charge in [-0.05, 0) is 36.5 Å². The fourth-order valence-electron chi connectivity index (χ4n) is 2.78. The highest BCUT2D eigenvalue weighted by molar-refractivity contribution is 7.90. The van der Waals surface area contributed by atoms with Crippen molar-refractivity contribution in [3.05, 3.63) is 23.2 Å². The van der Waals surface area contributed by atoms with Gasteiger partial charge in [-0.25, -0.2) is 8.42 Å². The molecule has 2 rings (SSSR count). The van der Waals surface area contributed by atoms with E-state index in [4.69, 9.17) is 11.6 Å². The molecule has 26 heavy (non-hydrogen) atoms. The third kappa shape index (κ3) is 4.76. The maximum Gasteiger partial charge on any atom is 0.285 e. The first kappa shape index (κ1) is 21.1. The Kier molecular flexibility index (Phi) is 6.06. The van der Waals surface area contributed by atoms with Gasteiger partial charge in [-0.1, -0.05) is 25.4 Å². The normalized spacial score (nSPS) is 19.0. The van der Waals surface area contributed by atoms with Crippen molar-refractivity contribution in [3.63, 3.8) is 0 Å². The van der Waals surface area contributed by atoms with Gasteiger partial charge in [0.15, 0.2) is 0 Å². The minimum absolute atomic E-state index is 0.0705. The molecule has 0 bridgehead atoms. The van der Waals surface area contributed by atoms with E-state index in [0.717, 1.165) is 25.2 Å². The second-order valence-corrected chi connectivity index (χ2v) is 11.3. The van der Waals surface area contributed by atoms with Gasteiger partial charge in [-0.2, -0.15) is 12.7 Å². The van der Waals surface area contributed by atoms with E-state index in [-0.39, 0.29) is 20.2 Å². The van der Waals surface area contributed by atoms with E-state index in [1.807, 2.05) is 13.8 Å². The Morgan fingerprint density at radius 3 is 2.46 bits per heavy atom. The number of halogens is 1. The van der Waals surface area contributed by atoms with Gasteiger partial charge in [-0.15, -0.1) is 4.40 Å². The quantitative estimate of drug-likeness (QED) is 0.538. The van der Waals surface area contributed by atoms with Crippen LogP contribution in [0, 0.1) is 5.41 Å². The number of benzene rings is 1. The lowest BCUT2D eigenvalue weighted by molar-refractivity contribution is 0.187. The van der Waals surface area contributed by atoms with Crippen LogP contribution in [0.1, 0.15) is 26.7 Å². The zero-order valence-electron chi connectivity index (χ0n) is 15.3. The van der Waals surface area contributed by atoms with Gasteiger partial charge in [0.25, 0.3) is 10.0 Å². The first-order chi connectivity index (χ1) is 11.8. The third-order valence-corrected chi connectivity index (χ3v) is 7.65. The molecule has 10 heteroatoms. The molecule has 0 aromatic heterocycles. The minimum atomic E-state index is -4.11. The van der Waals surface area contributed by atoms with Crippen molar-refractivity contribution in [3.8, 4) is 0 Å². The fourth-order valence-corrected chi connectivity index (χ4v) is 5.97. The molecule has 1 aliphatic rings. The van der Waals surface area contributed by atoms with Crippen molar-refractivity contribution in [2.24, 2.45) is 9.81 Å². The standard InChI is InChI=1S/C16H24ClN3O4S2/c1-16(2)8-5-9-20(11-16)26(23,24)13-6-7-14(17)15(10-13)25(21,22)18-12-19(3)4/h6-7,10,12H,5,8-9,11H2,1-4H3. The van der Waals surface area contributed by atoms with Crippen LogP contribution >= 0.6 is 11.6 Å². The van der Waals surface area contributed by atoms with Crippen LogP contribution in [0.2, 0.25) is 5.02 Å². The van der Waals surface area contributed by atoms with Crippen molar-refractivity contribution in [1.82, 2.24) is 9.21 Å². The number of nitrogens with zero attached hydrogens (tertiary/aromatic N) is 3. The lowest BCUT2D eigenvalue weighted by Crippen LogP contribution is -2.43. The summed E-state index contributed by atoms with van der Waals surface area (Å²) in [6, 6.07) is 3.69. The lowest BCUT2D eigenvalue weighted by Gasteiger charge is -2.37. The van der Waals surface area contributed by atoms with Crippen LogP contribution in [0.15, 0.2) is 32.4 Å². The second kappa shape index (κ2) is 7.46. The summed E-state index contributed by atoms with van der Waals surface area (Å²) in [5.74, 6) is 0. The Hall–Kier alpha value is -1.16. The maximum absolute atomic E-state index is 13.0. The summed E-state index contributed by atoms with van der Waals surface area (Å²) >= 11 is 6.00. The molecule has 1 aromatic carbocycles. The Morgan fingerprint density at radius 1 is 1.23 bits per heavy atom. The SMILES string of the molecule is CN(C)C=NS(=O)(=O)c1cc(S(=O)(=O)N2CCCC(C)(C)C2)ccc1Cl. The van der Waals surface area contributed by atoms with Gasteiger partial charge >= 0.3 is 0 Å². The number of rotatable bonds is 5. The average Bonchev–Trinajstić information content (AvgIpc) is 2.52. The molecule has 0 saturated carbocycles. The van der Waals surface area contributed by atoms with E-state index in [9.17, 15) is 16.8 Å². The van der Waals surface area contributed by atoms with Crippen molar-refractivity contribution in [1.29, 1.82) is 0 Å². The second-order valence-electron chi connectivity index (χ2n) is 7.36. The number of hydrogen-bond donors (Lipinski definition) is 0. The molecule has 1 fully saturated rings. The summed E-state index contributed by atoms with van der Waals surface area (Å²) < 4.78 is 55.7. The van der Waals surface area contributed by atoms with E-state index in [1.165, 1.54) is 21.3 Å².